The van der Waals surface area contributed by atoms with Crippen LogP contribution in [0.3, 0.4) is 0 Å². The molecule has 1 aliphatic heterocycles. The summed E-state index contributed by atoms with van der Waals surface area (Å²) in [5, 5.41) is 4.24. The largest absolute Gasteiger partial charge is 0.381 e. The molecule has 3 nitrogen and oxygen atoms in total. The van der Waals surface area contributed by atoms with Gasteiger partial charge in [-0.15, -0.1) is 11.8 Å². The Hall–Kier alpha value is -0.940. The van der Waals surface area contributed by atoms with Gasteiger partial charge in [-0.25, -0.2) is 0 Å². The van der Waals surface area contributed by atoms with Crippen LogP contribution in [0.15, 0.2) is 27.6 Å². The van der Waals surface area contributed by atoms with Gasteiger partial charge in [0.05, 0.1) is 10.2 Å². The molecule has 2 aromatic rings. The van der Waals surface area contributed by atoms with Crippen LogP contribution in [-0.2, 0) is 13.5 Å². The van der Waals surface area contributed by atoms with Crippen LogP contribution < -0.4 is 5.73 Å². The molecule has 0 unspecified atom stereocenters. The number of nitrogens with two attached hydrogens (primary N) is 1. The Morgan fingerprint density at radius 3 is 3.00 bits per heavy atom. The van der Waals surface area contributed by atoms with Crippen molar-refractivity contribution < 1.29 is 0 Å². The average molecular weight is 324 g/mol. The van der Waals surface area contributed by atoms with Crippen LogP contribution in [0.5, 0.6) is 0 Å². The maximum atomic E-state index is 5.83. The molecule has 5 heteroatoms. The van der Waals surface area contributed by atoms with Gasteiger partial charge in [-0.1, -0.05) is 6.07 Å². The molecule has 2 N–H and O–H groups in total. The van der Waals surface area contributed by atoms with Crippen LogP contribution in [0.2, 0.25) is 0 Å². The van der Waals surface area contributed by atoms with Gasteiger partial charge < -0.3 is 5.73 Å². The third-order valence-electron chi connectivity index (χ3n) is 3.20. The number of benzene rings is 1. The summed E-state index contributed by atoms with van der Waals surface area (Å²) in [5.74, 6) is 1.77. The van der Waals surface area contributed by atoms with E-state index in [9.17, 15) is 0 Å². The van der Waals surface area contributed by atoms with Gasteiger partial charge in [-0.05, 0) is 52.2 Å². The lowest BCUT2D eigenvalue weighted by Crippen LogP contribution is -2.00. The number of nitrogens with zero attached hydrogens (tertiary/aromatic N) is 2. The highest BCUT2D eigenvalue weighted by Crippen LogP contribution is 2.36. The van der Waals surface area contributed by atoms with Crippen molar-refractivity contribution in [3.63, 3.8) is 0 Å². The van der Waals surface area contributed by atoms with E-state index in [1.54, 1.807) is 0 Å². The Morgan fingerprint density at radius 2 is 2.28 bits per heavy atom. The molecule has 1 aromatic heterocycles. The second-order valence-corrected chi connectivity index (χ2v) is 6.38. The highest BCUT2D eigenvalue weighted by Gasteiger charge is 2.16. The molecule has 0 fully saturated rings. The Bertz CT molecular complexity index is 607. The fourth-order valence-corrected chi connectivity index (χ4v) is 3.92. The second kappa shape index (κ2) is 4.63. The molecule has 0 aliphatic carbocycles. The van der Waals surface area contributed by atoms with E-state index in [1.165, 1.54) is 34.6 Å². The van der Waals surface area contributed by atoms with Crippen molar-refractivity contribution in [2.75, 3.05) is 11.5 Å². The van der Waals surface area contributed by atoms with Gasteiger partial charge in [0.25, 0.3) is 0 Å². The Balaban J connectivity index is 2.12. The molecule has 0 radical (unpaired) electrons. The van der Waals surface area contributed by atoms with Crippen molar-refractivity contribution in [2.24, 2.45) is 7.05 Å². The highest BCUT2D eigenvalue weighted by molar-refractivity contribution is 9.10. The number of nitrogen functional groups attached to an aromatic ring is 1. The van der Waals surface area contributed by atoms with E-state index in [2.05, 4.69) is 39.2 Å². The molecule has 94 valence electrons. The first-order chi connectivity index (χ1) is 8.66. The van der Waals surface area contributed by atoms with Gasteiger partial charge in [0.2, 0.25) is 0 Å². The number of rotatable bonds is 1. The maximum absolute atomic E-state index is 5.83. The quantitative estimate of drug-likeness (QED) is 0.873. The van der Waals surface area contributed by atoms with Crippen LogP contribution in [0.1, 0.15) is 12.0 Å². The van der Waals surface area contributed by atoms with E-state index in [-0.39, 0.29) is 0 Å². The van der Waals surface area contributed by atoms with Gasteiger partial charge in [0.15, 0.2) is 5.82 Å². The summed E-state index contributed by atoms with van der Waals surface area (Å²) in [4.78, 5) is 1.41. The molecule has 1 aromatic carbocycles. The predicted octanol–water partition coefficient (Wildman–Crippen LogP) is 3.47. The molecule has 0 bridgehead atoms. The lowest BCUT2D eigenvalue weighted by molar-refractivity contribution is 0.779. The van der Waals surface area contributed by atoms with Crippen molar-refractivity contribution in [1.82, 2.24) is 9.78 Å². The SMILES string of the molecule is Cn1nc(N)c(Br)c1-c1ccc2c(c1)CCCS2. The van der Waals surface area contributed by atoms with E-state index in [0.29, 0.717) is 5.82 Å². The topological polar surface area (TPSA) is 43.8 Å². The number of aryl methyl sites for hydroxylation is 2. The van der Waals surface area contributed by atoms with Crippen LogP contribution in [-0.4, -0.2) is 15.5 Å². The minimum absolute atomic E-state index is 0.541. The van der Waals surface area contributed by atoms with Gasteiger partial charge in [-0.3, -0.25) is 4.68 Å². The zero-order valence-corrected chi connectivity index (χ0v) is 12.5. The number of hydrogen-bond donors (Lipinski definition) is 1. The Morgan fingerprint density at radius 1 is 1.44 bits per heavy atom. The molecule has 18 heavy (non-hydrogen) atoms. The summed E-state index contributed by atoms with van der Waals surface area (Å²) in [6.45, 7) is 0. The summed E-state index contributed by atoms with van der Waals surface area (Å²) >= 11 is 5.47. The van der Waals surface area contributed by atoms with Crippen LogP contribution >= 0.6 is 27.7 Å². The second-order valence-electron chi connectivity index (χ2n) is 4.45. The standard InChI is InChI=1S/C13H14BrN3S/c1-17-12(11(14)13(15)16-17)9-4-5-10-8(7-9)3-2-6-18-10/h4-5,7H,2-3,6H2,1H3,(H2,15,16). The fraction of sp³-hybridized carbons (Fsp3) is 0.308. The van der Waals surface area contributed by atoms with Gasteiger partial charge in [-0.2, -0.15) is 5.10 Å². The zero-order chi connectivity index (χ0) is 12.7. The lowest BCUT2D eigenvalue weighted by atomic mass is 10.0. The first-order valence-electron chi connectivity index (χ1n) is 5.91. The van der Waals surface area contributed by atoms with E-state index in [4.69, 9.17) is 5.73 Å². The minimum Gasteiger partial charge on any atom is -0.381 e. The number of aromatic nitrogens is 2. The predicted molar refractivity (Wildman–Crippen MR) is 79.8 cm³/mol. The van der Waals surface area contributed by atoms with Gasteiger partial charge in [0, 0.05) is 17.5 Å². The number of hydrogen-bond acceptors (Lipinski definition) is 3. The third kappa shape index (κ3) is 1.95. The average Bonchev–Trinajstić information content (AvgIpc) is 2.63. The minimum atomic E-state index is 0.541. The smallest absolute Gasteiger partial charge is 0.160 e. The molecule has 0 atom stereocenters. The van der Waals surface area contributed by atoms with E-state index in [0.717, 1.165) is 10.2 Å². The van der Waals surface area contributed by atoms with Gasteiger partial charge in [0.1, 0.15) is 0 Å². The summed E-state index contributed by atoms with van der Waals surface area (Å²) in [7, 11) is 1.92. The molecule has 0 saturated carbocycles. The summed E-state index contributed by atoms with van der Waals surface area (Å²) in [6, 6.07) is 6.63. The normalized spacial score (nSPS) is 14.6. The van der Waals surface area contributed by atoms with Crippen molar-refractivity contribution in [2.45, 2.75) is 17.7 Å². The van der Waals surface area contributed by atoms with Crippen molar-refractivity contribution in [1.29, 1.82) is 0 Å². The first kappa shape index (κ1) is 12.1. The fourth-order valence-electron chi connectivity index (χ4n) is 2.34. The zero-order valence-electron chi connectivity index (χ0n) is 10.1. The number of thioether (sulfide) groups is 1. The number of anilines is 1. The monoisotopic (exact) mass is 323 g/mol. The number of halogens is 1. The molecule has 0 amide bonds. The lowest BCUT2D eigenvalue weighted by Gasteiger charge is -2.16. The van der Waals surface area contributed by atoms with Crippen molar-refractivity contribution in [3.05, 3.63) is 28.2 Å². The van der Waals surface area contributed by atoms with E-state index < -0.39 is 0 Å². The maximum Gasteiger partial charge on any atom is 0.160 e. The third-order valence-corrected chi connectivity index (χ3v) is 5.18. The van der Waals surface area contributed by atoms with Crippen LogP contribution in [0.4, 0.5) is 5.82 Å². The first-order valence-corrected chi connectivity index (χ1v) is 7.69. The van der Waals surface area contributed by atoms with E-state index in [1.807, 2.05) is 23.5 Å². The molecule has 0 spiro atoms. The Labute approximate surface area is 119 Å². The molecule has 2 heterocycles. The number of fused-ring (bicyclic) bond motifs is 1. The van der Waals surface area contributed by atoms with Crippen molar-refractivity contribution in [3.8, 4) is 11.3 Å². The molecule has 3 rings (SSSR count). The van der Waals surface area contributed by atoms with Crippen LogP contribution in [0.25, 0.3) is 11.3 Å². The summed E-state index contributed by atoms with van der Waals surface area (Å²) in [5.41, 5.74) is 9.50. The molecular weight excluding hydrogens is 310 g/mol. The van der Waals surface area contributed by atoms with Crippen molar-refractivity contribution >= 4 is 33.5 Å². The van der Waals surface area contributed by atoms with E-state index >= 15 is 0 Å². The highest BCUT2D eigenvalue weighted by atomic mass is 79.9. The molecule has 1 aliphatic rings. The van der Waals surface area contributed by atoms with Crippen LogP contribution in [0, 0.1) is 0 Å². The summed E-state index contributed by atoms with van der Waals surface area (Å²) < 4.78 is 2.71. The molecular formula is C13H14BrN3S. The molecule has 0 saturated heterocycles. The summed E-state index contributed by atoms with van der Waals surface area (Å²) in [6.07, 6.45) is 2.43. The van der Waals surface area contributed by atoms with Gasteiger partial charge >= 0.3 is 0 Å². The Kier molecular flexibility index (Phi) is 3.11.